The van der Waals surface area contributed by atoms with Crippen molar-refractivity contribution < 1.29 is 27.7 Å². The molecule has 0 amide bonds. The summed E-state index contributed by atoms with van der Waals surface area (Å²) in [6.45, 7) is 18.4. The fourth-order valence-electron chi connectivity index (χ4n) is 13.5. The minimum absolute atomic E-state index is 0.0653. The van der Waals surface area contributed by atoms with E-state index in [9.17, 15) is 0 Å². The van der Waals surface area contributed by atoms with E-state index in [1.165, 1.54) is 12.8 Å². The van der Waals surface area contributed by atoms with Crippen molar-refractivity contribution in [1.29, 1.82) is 0 Å². The number of pyridine rings is 3. The lowest BCUT2D eigenvalue weighted by Gasteiger charge is -2.52. The SMILES string of the molecule is CCc1cc(C#CCN2CCC(F)(F)CC23CCC[C@H](Cn2cc(-c4ncc(C#CC(N(C)CC5CC5)n5nc(-c6ncc(C#CCN7CC(C)(C)C7)cc6CC)c[n+]5C[C@H]5CCCCO5)cc4CC)nn2)O3)cnc1-c1cn(C[C@H]2CCCCO2)nn1. The number of aryl methyl sites for hydroxylation is 3. The average Bonchev–Trinajstić information content (AvgIpc) is 2.25. The number of rotatable bonds is 18. The number of hydrogen-bond acceptors (Lipinski definition) is 14. The van der Waals surface area contributed by atoms with Gasteiger partial charge in [0.15, 0.2) is 6.20 Å². The number of likely N-dealkylation sites (tertiary alicyclic amines) is 2. The number of aromatic nitrogens is 12. The van der Waals surface area contributed by atoms with Crippen LogP contribution >= 0.6 is 0 Å². The summed E-state index contributed by atoms with van der Waals surface area (Å²) in [4.78, 5) is 23.6. The molecule has 12 rings (SSSR count). The summed E-state index contributed by atoms with van der Waals surface area (Å²) >= 11 is 0. The van der Waals surface area contributed by atoms with Gasteiger partial charge in [0.25, 0.3) is 11.6 Å². The maximum absolute atomic E-state index is 15.5. The van der Waals surface area contributed by atoms with Gasteiger partial charge in [-0.15, -0.1) is 10.2 Å². The third-order valence-electron chi connectivity index (χ3n) is 18.2. The normalized spacial score (nSPS) is 23.1. The molecule has 6 aromatic rings. The third-order valence-corrected chi connectivity index (χ3v) is 18.2. The van der Waals surface area contributed by atoms with Crippen LogP contribution < -0.4 is 4.68 Å². The fraction of sp³-hybridized carbons (Fsp3) is 0.603. The smallest absolute Gasteiger partial charge is 0.267 e. The Kier molecular flexibility index (Phi) is 18.9. The molecule has 464 valence electrons. The van der Waals surface area contributed by atoms with Crippen molar-refractivity contribution in [2.24, 2.45) is 11.3 Å². The molecule has 0 radical (unpaired) electrons. The van der Waals surface area contributed by atoms with Gasteiger partial charge in [-0.05, 0) is 154 Å². The lowest BCUT2D eigenvalue weighted by atomic mass is 9.84. The van der Waals surface area contributed by atoms with Crippen LogP contribution in [-0.4, -0.2) is 159 Å². The first-order valence-electron chi connectivity index (χ1n) is 32.4. The number of halogens is 2. The summed E-state index contributed by atoms with van der Waals surface area (Å²) in [5, 5.41) is 23.3. The van der Waals surface area contributed by atoms with E-state index in [-0.39, 0.29) is 44.2 Å². The monoisotopic (exact) mass is 1200 g/mol. The molecule has 11 heterocycles. The summed E-state index contributed by atoms with van der Waals surface area (Å²) < 4.78 is 55.8. The van der Waals surface area contributed by atoms with E-state index in [1.54, 1.807) is 10.9 Å². The van der Waals surface area contributed by atoms with E-state index in [4.69, 9.17) is 34.3 Å². The minimum atomic E-state index is -2.86. The van der Waals surface area contributed by atoms with Gasteiger partial charge in [-0.3, -0.25) is 29.7 Å². The third kappa shape index (κ3) is 14.9. The van der Waals surface area contributed by atoms with Crippen molar-refractivity contribution in [3.05, 3.63) is 88.8 Å². The molecule has 18 nitrogen and oxygen atoms in total. The van der Waals surface area contributed by atoms with Crippen molar-refractivity contribution in [1.82, 2.24) is 69.5 Å². The van der Waals surface area contributed by atoms with Gasteiger partial charge in [-0.1, -0.05) is 74.6 Å². The number of nitrogens with zero attached hydrogens (tertiary/aromatic N) is 15. The fourth-order valence-corrected chi connectivity index (χ4v) is 13.5. The van der Waals surface area contributed by atoms with Crippen molar-refractivity contribution in [3.8, 4) is 69.7 Å². The molecule has 6 aromatic heterocycles. The highest BCUT2D eigenvalue weighted by Crippen LogP contribution is 2.45. The summed E-state index contributed by atoms with van der Waals surface area (Å²) in [7, 11) is 2.15. The van der Waals surface area contributed by atoms with Crippen LogP contribution in [0.4, 0.5) is 8.78 Å². The van der Waals surface area contributed by atoms with Crippen LogP contribution in [0, 0.1) is 46.9 Å². The van der Waals surface area contributed by atoms with Crippen molar-refractivity contribution in [3.63, 3.8) is 0 Å². The molecule has 5 atom stereocenters. The standard InChI is InChI=1S/C68H86F2N15O3/c1-7-53-33-51(36-71-63(53)59-43-82(77-74-59)40-56-19-10-12-31-86-56)18-16-29-81-30-27-67(69,70)46-68(81)26-14-21-58(88-68)41-83-44-60(75-78-83)64-54(8-2)35-52(38-72-64)24-25-62(79(6)39-49-22-23-49)85-76-61(45-84(85)42-57-20-11-13-32-87-57)65-55(9-3)34-50(37-73-65)17-15-28-80-47-66(4,5)48-80/h33-38,43-45,49,56-58,62H,7-14,19-23,26-32,39-42,46-48H2,1-6H3/q+1/t56-,57-,58-,62?,68?/m1/s1. The van der Waals surface area contributed by atoms with Crippen LogP contribution in [0.25, 0.3) is 34.2 Å². The first-order valence-corrected chi connectivity index (χ1v) is 32.4. The van der Waals surface area contributed by atoms with E-state index in [0.717, 1.165) is 153 Å². The highest BCUT2D eigenvalue weighted by atomic mass is 19.3. The second kappa shape index (κ2) is 27.1. The molecule has 0 aromatic carbocycles. The van der Waals surface area contributed by atoms with Crippen LogP contribution in [0.15, 0.2) is 55.4 Å². The molecule has 1 aliphatic carbocycles. The van der Waals surface area contributed by atoms with Gasteiger partial charge in [-0.2, -0.15) is 4.68 Å². The topological polar surface area (TPSA) is 159 Å². The van der Waals surface area contributed by atoms with Crippen LogP contribution in [0.3, 0.4) is 0 Å². The first-order chi connectivity index (χ1) is 42.7. The lowest BCUT2D eigenvalue weighted by Crippen LogP contribution is -2.61. The predicted molar refractivity (Wildman–Crippen MR) is 330 cm³/mol. The Morgan fingerprint density at radius 1 is 0.682 bits per heavy atom. The highest BCUT2D eigenvalue weighted by molar-refractivity contribution is 5.61. The quantitative estimate of drug-likeness (QED) is 0.0593. The maximum Gasteiger partial charge on any atom is 0.267 e. The molecule has 20 heteroatoms. The van der Waals surface area contributed by atoms with E-state index in [0.29, 0.717) is 61.6 Å². The van der Waals surface area contributed by atoms with Crippen molar-refractivity contribution in [2.45, 2.75) is 193 Å². The maximum atomic E-state index is 15.5. The van der Waals surface area contributed by atoms with Gasteiger partial charge in [0.1, 0.15) is 29.4 Å². The number of alkyl halides is 2. The number of ether oxygens (including phenoxy) is 3. The Labute approximate surface area is 517 Å². The zero-order chi connectivity index (χ0) is 60.8. The van der Waals surface area contributed by atoms with Crippen LogP contribution in [0.5, 0.6) is 0 Å². The van der Waals surface area contributed by atoms with Crippen LogP contribution in [0.2, 0.25) is 0 Å². The predicted octanol–water partition coefficient (Wildman–Crippen LogP) is 9.00. The van der Waals surface area contributed by atoms with Gasteiger partial charge in [-0.25, -0.2) is 18.1 Å². The van der Waals surface area contributed by atoms with Crippen LogP contribution in [-0.2, 0) is 53.1 Å². The molecule has 5 saturated heterocycles. The van der Waals surface area contributed by atoms with Gasteiger partial charge >= 0.3 is 0 Å². The van der Waals surface area contributed by atoms with Crippen LogP contribution in [0.1, 0.15) is 158 Å². The van der Waals surface area contributed by atoms with E-state index in [2.05, 4.69) is 131 Å². The molecule has 0 N–H and O–H groups in total. The summed E-state index contributed by atoms with van der Waals surface area (Å²) in [6.07, 6.45) is 23.2. The second-order valence-corrected chi connectivity index (χ2v) is 26.2. The Hall–Kier alpha value is -6.83. The number of piperidine rings is 1. The molecule has 1 saturated carbocycles. The van der Waals surface area contributed by atoms with Crippen molar-refractivity contribution in [2.75, 3.05) is 59.5 Å². The summed E-state index contributed by atoms with van der Waals surface area (Å²) in [5.74, 6) is 18.3. The lowest BCUT2D eigenvalue weighted by molar-refractivity contribution is -0.788. The van der Waals surface area contributed by atoms with E-state index >= 15 is 8.78 Å². The summed E-state index contributed by atoms with van der Waals surface area (Å²) in [5.41, 5.74) is 9.25. The Bertz CT molecular complexity index is 3590. The largest absolute Gasteiger partial charge is 0.376 e. The summed E-state index contributed by atoms with van der Waals surface area (Å²) in [6, 6.07) is 6.31. The Morgan fingerprint density at radius 2 is 1.25 bits per heavy atom. The molecular formula is C68H86F2N15O3+. The molecule has 6 aliphatic rings. The van der Waals surface area contributed by atoms with Gasteiger partial charge < -0.3 is 14.2 Å². The Morgan fingerprint density at radius 3 is 1.83 bits per heavy atom. The minimum Gasteiger partial charge on any atom is -0.376 e. The molecule has 2 unspecified atom stereocenters. The molecule has 1 spiro atoms. The van der Waals surface area contributed by atoms with Gasteiger partial charge in [0.2, 0.25) is 6.17 Å². The second-order valence-electron chi connectivity index (χ2n) is 26.2. The molecular weight excluding hydrogens is 1110 g/mol. The van der Waals surface area contributed by atoms with Gasteiger partial charge in [0, 0.05) is 81.1 Å². The molecule has 6 fully saturated rings. The molecule has 0 bridgehead atoms. The first kappa shape index (κ1) is 61.4. The number of hydrogen-bond donors (Lipinski definition) is 0. The molecule has 88 heavy (non-hydrogen) atoms. The van der Waals surface area contributed by atoms with Gasteiger partial charge in [0.05, 0.1) is 79.8 Å². The van der Waals surface area contributed by atoms with Crippen molar-refractivity contribution >= 4 is 0 Å². The average molecular weight is 1200 g/mol. The Balaban J connectivity index is 0.737. The zero-order valence-corrected chi connectivity index (χ0v) is 52.4. The highest BCUT2D eigenvalue weighted by Gasteiger charge is 2.53. The zero-order valence-electron chi connectivity index (χ0n) is 52.4. The molecule has 5 aliphatic heterocycles. The van der Waals surface area contributed by atoms with E-state index < -0.39 is 17.8 Å². The van der Waals surface area contributed by atoms with E-state index in [1.807, 2.05) is 45.2 Å².